The van der Waals surface area contributed by atoms with Crippen molar-refractivity contribution in [3.8, 4) is 107 Å². The van der Waals surface area contributed by atoms with Crippen LogP contribution in [0.25, 0.3) is 145 Å². The van der Waals surface area contributed by atoms with E-state index in [4.69, 9.17) is 15.0 Å². The molecule has 3 aromatic heterocycles. The van der Waals surface area contributed by atoms with Gasteiger partial charge in [-0.2, -0.15) is 5.26 Å². The van der Waals surface area contributed by atoms with E-state index >= 15 is 0 Å². The first-order valence-corrected chi connectivity index (χ1v) is 30.9. The third-order valence-electron chi connectivity index (χ3n) is 18.2. The maximum absolute atomic E-state index is 11.0. The summed E-state index contributed by atoms with van der Waals surface area (Å²) >= 11 is 0. The Bertz CT molecular complexity index is 5190. The Morgan fingerprint density at radius 2 is 0.567 bits per heavy atom. The Kier molecular flexibility index (Phi) is 13.6. The molecule has 0 saturated heterocycles. The van der Waals surface area contributed by atoms with Crippen LogP contribution in [0.1, 0.15) is 50.1 Å². The summed E-state index contributed by atoms with van der Waals surface area (Å²) in [4.78, 5) is 15.8. The summed E-state index contributed by atoms with van der Waals surface area (Å²) in [7, 11) is 0. The predicted octanol–water partition coefficient (Wildman–Crippen LogP) is 21.7. The van der Waals surface area contributed by atoms with E-state index in [0.717, 1.165) is 105 Å². The largest absolute Gasteiger partial charge is 0.309 e. The molecule has 15 rings (SSSR count). The molecule has 0 radical (unpaired) electrons. The summed E-state index contributed by atoms with van der Waals surface area (Å²) in [6.45, 7) is 17.4. The molecular formula is C84H64N6. The third kappa shape index (κ3) is 9.73. The molecule has 0 aliphatic heterocycles. The van der Waals surface area contributed by atoms with Gasteiger partial charge in [0.1, 0.15) is 0 Å². The summed E-state index contributed by atoms with van der Waals surface area (Å²) in [6, 6.07) is 90.3. The zero-order chi connectivity index (χ0) is 61.5. The smallest absolute Gasteiger partial charge is 0.164 e. The van der Waals surface area contributed by atoms with E-state index in [-0.39, 0.29) is 0 Å². The van der Waals surface area contributed by atoms with Crippen LogP contribution in [0.5, 0.6) is 0 Å². The monoisotopic (exact) mass is 1160 g/mol. The minimum atomic E-state index is 0.548. The Morgan fingerprint density at radius 3 is 0.900 bits per heavy atom. The van der Waals surface area contributed by atoms with E-state index < -0.39 is 0 Å². The molecule has 0 fully saturated rings. The molecule has 0 N–H and O–H groups in total. The SMILES string of the molecule is Cc1ccc(-c2ccc3c(c2)c2cc(-c4ccc(C)cc4C)ccc2n3-c2cc(C#N)ccc2-c2ccc(-c3nc(-c4ccccc4)nc(-c4ccccc4)n3)cc2-n2c3ccc(-c4ccc(C)cc4C)cc3c3cc(-c4ccc(C)cc4C)ccc32)c(C)c1. The second kappa shape index (κ2) is 22.2. The standard InChI is InChI=1S/C84H64N6/c1-50-19-29-66(54(5)39-50)61-25-35-76-72(44-61)73-45-62(67-30-20-51(2)40-55(67)6)26-36-77(73)89(76)80-43-58(49-85)23-33-70(80)71-34-24-65(84-87-82(59-15-11-9-12-16-59)86-83(88-84)60-17-13-10-14-18-60)48-81(71)90-78-37-27-63(68-31-21-52(3)41-56(68)7)46-74(78)75-47-64(28-38-79(75)90)69-32-22-53(4)42-57(69)8/h9-48H,1-8H3. The van der Waals surface area contributed by atoms with Crippen LogP contribution in [0.2, 0.25) is 0 Å². The number of fused-ring (bicyclic) bond motifs is 6. The Morgan fingerprint density at radius 1 is 0.267 bits per heavy atom. The lowest BCUT2D eigenvalue weighted by atomic mass is 9.95. The highest BCUT2D eigenvalue weighted by molar-refractivity contribution is 6.14. The topological polar surface area (TPSA) is 72.3 Å². The van der Waals surface area contributed by atoms with Gasteiger partial charge in [-0.3, -0.25) is 0 Å². The lowest BCUT2D eigenvalue weighted by Gasteiger charge is -2.20. The highest BCUT2D eigenvalue weighted by atomic mass is 15.0. The van der Waals surface area contributed by atoms with E-state index in [0.29, 0.717) is 23.0 Å². The Labute approximate surface area is 525 Å². The lowest BCUT2D eigenvalue weighted by molar-refractivity contribution is 1.07. The molecule has 0 unspecified atom stereocenters. The molecule has 12 aromatic carbocycles. The van der Waals surface area contributed by atoms with Crippen molar-refractivity contribution in [3.05, 3.63) is 293 Å². The number of nitriles is 1. The molecule has 0 saturated carbocycles. The van der Waals surface area contributed by atoms with Crippen LogP contribution in [0, 0.1) is 66.7 Å². The summed E-state index contributed by atoms with van der Waals surface area (Å²) < 4.78 is 4.83. The average Bonchev–Trinajstić information content (AvgIpc) is 1.59. The van der Waals surface area contributed by atoms with E-state index in [9.17, 15) is 5.26 Å². The maximum Gasteiger partial charge on any atom is 0.164 e. The number of aryl methyl sites for hydroxylation is 8. The molecule has 430 valence electrons. The molecule has 6 nitrogen and oxygen atoms in total. The van der Waals surface area contributed by atoms with Gasteiger partial charge in [-0.1, -0.05) is 198 Å². The first-order chi connectivity index (χ1) is 43.8. The molecule has 0 bridgehead atoms. The zero-order valence-corrected chi connectivity index (χ0v) is 51.8. The summed E-state index contributed by atoms with van der Waals surface area (Å²) in [6.07, 6.45) is 0. The van der Waals surface area contributed by atoms with Gasteiger partial charge in [0.25, 0.3) is 0 Å². The van der Waals surface area contributed by atoms with Gasteiger partial charge in [-0.15, -0.1) is 0 Å². The van der Waals surface area contributed by atoms with Crippen molar-refractivity contribution < 1.29 is 0 Å². The molecule has 0 aliphatic carbocycles. The van der Waals surface area contributed by atoms with Crippen LogP contribution in [-0.4, -0.2) is 24.1 Å². The van der Waals surface area contributed by atoms with Crippen LogP contribution < -0.4 is 0 Å². The molecule has 0 spiro atoms. The van der Waals surface area contributed by atoms with E-state index in [1.165, 1.54) is 66.8 Å². The van der Waals surface area contributed by atoms with Crippen molar-refractivity contribution in [2.24, 2.45) is 0 Å². The van der Waals surface area contributed by atoms with Gasteiger partial charge in [-0.25, -0.2) is 15.0 Å². The number of nitrogens with zero attached hydrogens (tertiary/aromatic N) is 6. The van der Waals surface area contributed by atoms with Crippen LogP contribution in [-0.2, 0) is 0 Å². The molecule has 0 atom stereocenters. The van der Waals surface area contributed by atoms with Gasteiger partial charge < -0.3 is 9.13 Å². The Hall–Kier alpha value is -11.3. The maximum atomic E-state index is 11.0. The van der Waals surface area contributed by atoms with Gasteiger partial charge in [0.15, 0.2) is 17.5 Å². The van der Waals surface area contributed by atoms with Crippen molar-refractivity contribution in [1.29, 1.82) is 5.26 Å². The highest BCUT2D eigenvalue weighted by Crippen LogP contribution is 2.46. The average molecular weight is 1160 g/mol. The van der Waals surface area contributed by atoms with Crippen molar-refractivity contribution in [1.82, 2.24) is 24.1 Å². The van der Waals surface area contributed by atoms with Crippen molar-refractivity contribution >= 4 is 43.6 Å². The molecule has 90 heavy (non-hydrogen) atoms. The van der Waals surface area contributed by atoms with Gasteiger partial charge in [0, 0.05) is 49.4 Å². The summed E-state index contributed by atoms with van der Waals surface area (Å²) in [5.41, 5.74) is 30.3. The van der Waals surface area contributed by atoms with Crippen molar-refractivity contribution in [3.63, 3.8) is 0 Å². The highest BCUT2D eigenvalue weighted by Gasteiger charge is 2.25. The molecule has 6 heteroatoms. The number of hydrogen-bond donors (Lipinski definition) is 0. The van der Waals surface area contributed by atoms with Crippen LogP contribution in [0.15, 0.2) is 243 Å². The minimum absolute atomic E-state index is 0.548. The summed E-state index contributed by atoms with van der Waals surface area (Å²) in [5, 5.41) is 15.5. The zero-order valence-electron chi connectivity index (χ0n) is 51.8. The fourth-order valence-electron chi connectivity index (χ4n) is 13.8. The Balaban J connectivity index is 1.04. The van der Waals surface area contributed by atoms with Crippen molar-refractivity contribution in [2.75, 3.05) is 0 Å². The second-order valence-electron chi connectivity index (χ2n) is 24.5. The molecular weight excluding hydrogens is 1090 g/mol. The van der Waals surface area contributed by atoms with E-state index in [1.54, 1.807) is 0 Å². The molecule has 3 heterocycles. The minimum Gasteiger partial charge on any atom is -0.309 e. The van der Waals surface area contributed by atoms with Crippen LogP contribution in [0.3, 0.4) is 0 Å². The normalized spacial score (nSPS) is 11.5. The first-order valence-electron chi connectivity index (χ1n) is 30.9. The number of rotatable bonds is 10. The molecule has 15 aromatic rings. The second-order valence-corrected chi connectivity index (χ2v) is 24.5. The van der Waals surface area contributed by atoms with Gasteiger partial charge in [-0.05, 0) is 189 Å². The molecule has 0 amide bonds. The fraction of sp³-hybridized carbons (Fsp3) is 0.0952. The third-order valence-corrected chi connectivity index (χ3v) is 18.2. The predicted molar refractivity (Wildman–Crippen MR) is 375 cm³/mol. The first kappa shape index (κ1) is 55.3. The summed E-state index contributed by atoms with van der Waals surface area (Å²) in [5.74, 6) is 1.72. The van der Waals surface area contributed by atoms with Gasteiger partial charge in [0.05, 0.1) is 45.1 Å². The number of aromatic nitrogens is 5. The number of hydrogen-bond acceptors (Lipinski definition) is 4. The van der Waals surface area contributed by atoms with Crippen LogP contribution in [0.4, 0.5) is 0 Å². The van der Waals surface area contributed by atoms with Crippen molar-refractivity contribution in [2.45, 2.75) is 55.4 Å². The number of benzene rings is 12. The van der Waals surface area contributed by atoms with Crippen LogP contribution >= 0.6 is 0 Å². The molecule has 0 aliphatic rings. The van der Waals surface area contributed by atoms with E-state index in [2.05, 4.69) is 271 Å². The van der Waals surface area contributed by atoms with E-state index in [1.807, 2.05) is 42.5 Å². The fourth-order valence-corrected chi connectivity index (χ4v) is 13.8. The van der Waals surface area contributed by atoms with Gasteiger partial charge >= 0.3 is 0 Å². The van der Waals surface area contributed by atoms with Gasteiger partial charge in [0.2, 0.25) is 0 Å². The quantitative estimate of drug-likeness (QED) is 0.137. The lowest BCUT2D eigenvalue weighted by Crippen LogP contribution is -2.04.